The minimum Gasteiger partial charge on any atom is -0.490 e. The molecule has 0 aliphatic carbocycles. The van der Waals surface area contributed by atoms with Gasteiger partial charge in [0, 0.05) is 13.1 Å². The number of carbonyl (C=O) groups is 1. The summed E-state index contributed by atoms with van der Waals surface area (Å²) in [6.07, 6.45) is 2.56. The van der Waals surface area contributed by atoms with E-state index in [1.54, 1.807) is 23.1 Å². The number of likely N-dealkylation sites (N-methyl/N-ethyl adjacent to an activating group) is 1. The second-order valence-corrected chi connectivity index (χ2v) is 5.95. The lowest BCUT2D eigenvalue weighted by Gasteiger charge is -2.19. The van der Waals surface area contributed by atoms with Crippen molar-refractivity contribution >= 4 is 24.3 Å². The number of ether oxygens (including phenoxy) is 2. The molecule has 0 fully saturated rings. The van der Waals surface area contributed by atoms with E-state index < -0.39 is 5.56 Å². The summed E-state index contributed by atoms with van der Waals surface area (Å²) in [5, 5.41) is 10.2. The molecule has 1 aromatic heterocycles. The number of aromatic nitrogens is 3. The molecule has 0 atom stereocenters. The number of nitrogens with one attached hydrogen (secondary N) is 1. The fourth-order valence-electron chi connectivity index (χ4n) is 2.38. The van der Waals surface area contributed by atoms with Crippen LogP contribution >= 0.6 is 12.2 Å². The lowest BCUT2D eigenvalue weighted by atomic mass is 10.2. The zero-order valence-corrected chi connectivity index (χ0v) is 16.9. The predicted octanol–water partition coefficient (Wildman–Crippen LogP) is 1.83. The topological polar surface area (TPSA) is 102 Å². The molecular weight excluding hydrogens is 382 g/mol. The first-order valence-corrected chi connectivity index (χ1v) is 9.29. The van der Waals surface area contributed by atoms with Crippen LogP contribution in [0.1, 0.15) is 26.3 Å². The number of aromatic amines is 1. The monoisotopic (exact) mass is 405 g/mol. The molecule has 28 heavy (non-hydrogen) atoms. The Morgan fingerprint density at radius 2 is 2.04 bits per heavy atom. The summed E-state index contributed by atoms with van der Waals surface area (Å²) >= 11 is 4.99. The van der Waals surface area contributed by atoms with E-state index in [0.29, 0.717) is 36.8 Å². The number of rotatable bonds is 9. The van der Waals surface area contributed by atoms with E-state index in [-0.39, 0.29) is 17.3 Å². The zero-order valence-electron chi connectivity index (χ0n) is 16.0. The third-order valence-corrected chi connectivity index (χ3v) is 4.06. The first-order valence-electron chi connectivity index (χ1n) is 8.88. The summed E-state index contributed by atoms with van der Waals surface area (Å²) in [4.78, 5) is 25.6. The van der Waals surface area contributed by atoms with Gasteiger partial charge in [-0.3, -0.25) is 14.7 Å². The molecule has 1 amide bonds. The van der Waals surface area contributed by atoms with E-state index in [4.69, 9.17) is 21.7 Å². The normalized spacial score (nSPS) is 10.8. The Morgan fingerprint density at radius 1 is 1.29 bits per heavy atom. The summed E-state index contributed by atoms with van der Waals surface area (Å²) in [5.74, 6) is 0.841. The SMILES string of the molecule is CCOc1cc(/C=N\n2c(=O)cn[nH]c2=S)ccc1OCC(=O)N(CC)CC. The van der Waals surface area contributed by atoms with Crippen molar-refractivity contribution in [2.24, 2.45) is 5.10 Å². The van der Waals surface area contributed by atoms with Gasteiger partial charge in [0.05, 0.1) is 12.8 Å². The molecule has 9 nitrogen and oxygen atoms in total. The number of benzene rings is 1. The van der Waals surface area contributed by atoms with Crippen molar-refractivity contribution in [2.45, 2.75) is 20.8 Å². The van der Waals surface area contributed by atoms with Crippen LogP contribution in [-0.2, 0) is 4.79 Å². The quantitative estimate of drug-likeness (QED) is 0.504. The van der Waals surface area contributed by atoms with Gasteiger partial charge in [-0.25, -0.2) is 0 Å². The van der Waals surface area contributed by atoms with Crippen LogP contribution in [-0.4, -0.2) is 58.2 Å². The average molecular weight is 405 g/mol. The van der Waals surface area contributed by atoms with Gasteiger partial charge in [0.2, 0.25) is 4.77 Å². The van der Waals surface area contributed by atoms with Crippen molar-refractivity contribution in [3.63, 3.8) is 0 Å². The summed E-state index contributed by atoms with van der Waals surface area (Å²) in [6, 6.07) is 5.14. The van der Waals surface area contributed by atoms with E-state index in [0.717, 1.165) is 10.9 Å². The third-order valence-electron chi connectivity index (χ3n) is 3.79. The van der Waals surface area contributed by atoms with Gasteiger partial charge < -0.3 is 14.4 Å². The molecule has 1 aromatic carbocycles. The maximum absolute atomic E-state index is 12.1. The van der Waals surface area contributed by atoms with Crippen LogP contribution in [0.2, 0.25) is 0 Å². The Hall–Kier alpha value is -3.01. The van der Waals surface area contributed by atoms with Crippen LogP contribution in [0, 0.1) is 4.77 Å². The van der Waals surface area contributed by atoms with Crippen molar-refractivity contribution in [1.82, 2.24) is 19.8 Å². The highest BCUT2D eigenvalue weighted by molar-refractivity contribution is 7.71. The maximum atomic E-state index is 12.1. The lowest BCUT2D eigenvalue weighted by molar-refractivity contribution is -0.132. The Labute approximate surface area is 167 Å². The Morgan fingerprint density at radius 3 is 2.68 bits per heavy atom. The van der Waals surface area contributed by atoms with Crippen LogP contribution in [0.4, 0.5) is 0 Å². The molecule has 0 unspecified atom stereocenters. The molecule has 0 spiro atoms. The molecule has 1 heterocycles. The molecule has 2 rings (SSSR count). The van der Waals surface area contributed by atoms with Crippen molar-refractivity contribution in [1.29, 1.82) is 0 Å². The molecule has 1 N–H and O–H groups in total. The Bertz CT molecular complexity index is 921. The van der Waals surface area contributed by atoms with Gasteiger partial charge in [0.15, 0.2) is 18.1 Å². The van der Waals surface area contributed by atoms with Crippen molar-refractivity contribution in [3.8, 4) is 11.5 Å². The standard InChI is InChI=1S/C18H23N5O4S/c1-4-22(5-2)17(25)12-27-14-8-7-13(9-15(14)26-6-3)10-20-23-16(24)11-19-21-18(23)28/h7-11H,4-6,12H2,1-3H3,(H,21,28)/b20-10-. The van der Waals surface area contributed by atoms with E-state index in [1.807, 2.05) is 20.8 Å². The smallest absolute Gasteiger partial charge is 0.293 e. The number of hydrogen-bond donors (Lipinski definition) is 1. The summed E-state index contributed by atoms with van der Waals surface area (Å²) in [6.45, 7) is 7.29. The third kappa shape index (κ3) is 5.49. The maximum Gasteiger partial charge on any atom is 0.293 e. The largest absolute Gasteiger partial charge is 0.490 e. The van der Waals surface area contributed by atoms with Gasteiger partial charge in [-0.1, -0.05) is 0 Å². The first kappa shape index (κ1) is 21.3. The minimum atomic E-state index is -0.445. The van der Waals surface area contributed by atoms with Gasteiger partial charge in [-0.15, -0.1) is 0 Å². The van der Waals surface area contributed by atoms with Gasteiger partial charge >= 0.3 is 0 Å². The second kappa shape index (κ2) is 10.4. The molecule has 0 bridgehead atoms. The van der Waals surface area contributed by atoms with Crippen LogP contribution in [0.3, 0.4) is 0 Å². The highest BCUT2D eigenvalue weighted by Crippen LogP contribution is 2.28. The van der Waals surface area contributed by atoms with Crippen LogP contribution < -0.4 is 15.0 Å². The highest BCUT2D eigenvalue weighted by Gasteiger charge is 2.13. The minimum absolute atomic E-state index is 0.0727. The molecule has 0 aliphatic rings. The van der Waals surface area contributed by atoms with Crippen LogP contribution in [0.5, 0.6) is 11.5 Å². The average Bonchev–Trinajstić information content (AvgIpc) is 2.68. The number of hydrogen-bond acceptors (Lipinski definition) is 7. The number of H-pyrrole nitrogens is 1. The number of carbonyl (C=O) groups excluding carboxylic acids is 1. The molecule has 0 saturated carbocycles. The fourth-order valence-corrected chi connectivity index (χ4v) is 2.57. The fraction of sp³-hybridized carbons (Fsp3) is 0.389. The predicted molar refractivity (Wildman–Crippen MR) is 108 cm³/mol. The summed E-state index contributed by atoms with van der Waals surface area (Å²) < 4.78 is 12.4. The Kier molecular flexibility index (Phi) is 7.88. The van der Waals surface area contributed by atoms with E-state index in [9.17, 15) is 9.59 Å². The second-order valence-electron chi connectivity index (χ2n) is 5.56. The summed E-state index contributed by atoms with van der Waals surface area (Å²) in [5.41, 5.74) is 0.226. The van der Waals surface area contributed by atoms with Gasteiger partial charge in [0.25, 0.3) is 11.5 Å². The summed E-state index contributed by atoms with van der Waals surface area (Å²) in [7, 11) is 0. The van der Waals surface area contributed by atoms with Gasteiger partial charge in [-0.05, 0) is 56.8 Å². The lowest BCUT2D eigenvalue weighted by Crippen LogP contribution is -2.34. The van der Waals surface area contributed by atoms with Gasteiger partial charge in [0.1, 0.15) is 6.20 Å². The highest BCUT2D eigenvalue weighted by atomic mass is 32.1. The van der Waals surface area contributed by atoms with Gasteiger partial charge in [-0.2, -0.15) is 14.9 Å². The van der Waals surface area contributed by atoms with Crippen LogP contribution in [0.15, 0.2) is 34.3 Å². The molecule has 0 radical (unpaired) electrons. The van der Waals surface area contributed by atoms with E-state index in [1.165, 1.54) is 6.21 Å². The number of amides is 1. The van der Waals surface area contributed by atoms with Crippen molar-refractivity contribution in [3.05, 3.63) is 45.1 Å². The van der Waals surface area contributed by atoms with E-state index in [2.05, 4.69) is 15.3 Å². The van der Waals surface area contributed by atoms with Crippen molar-refractivity contribution < 1.29 is 14.3 Å². The molecule has 0 saturated heterocycles. The molecular formula is C18H23N5O4S. The van der Waals surface area contributed by atoms with Crippen molar-refractivity contribution in [2.75, 3.05) is 26.3 Å². The number of nitrogens with zero attached hydrogens (tertiary/aromatic N) is 4. The molecule has 10 heteroatoms. The van der Waals surface area contributed by atoms with E-state index >= 15 is 0 Å². The zero-order chi connectivity index (χ0) is 20.5. The Balaban J connectivity index is 2.20. The first-order chi connectivity index (χ1) is 13.5. The molecule has 2 aromatic rings. The molecule has 150 valence electrons. The van der Waals surface area contributed by atoms with Crippen LogP contribution in [0.25, 0.3) is 0 Å². The molecule has 0 aliphatic heterocycles.